The monoisotopic (exact) mass is 352 g/mol. The van der Waals surface area contributed by atoms with Crippen LogP contribution < -0.4 is 5.32 Å². The summed E-state index contributed by atoms with van der Waals surface area (Å²) < 4.78 is 27.7. The fourth-order valence-corrected chi connectivity index (χ4v) is 3.44. The molecule has 1 atom stereocenters. The number of nitrogens with one attached hydrogen (secondary N) is 1. The van der Waals surface area contributed by atoms with Gasteiger partial charge in [0, 0.05) is 11.6 Å². The van der Waals surface area contributed by atoms with Gasteiger partial charge in [0.15, 0.2) is 5.82 Å². The molecule has 0 saturated carbocycles. The first-order valence-electron chi connectivity index (χ1n) is 5.64. The SMILES string of the molecule is CC(Nc1c(F)cc(F)cc1[N+](=O)[O-])c1cc(Cl)sc1Cl. The van der Waals surface area contributed by atoms with Crippen molar-refractivity contribution in [3.05, 3.63) is 54.2 Å². The molecular formula is C12H8Cl2F2N2O2S. The summed E-state index contributed by atoms with van der Waals surface area (Å²) in [5.41, 5.74) is -0.506. The molecule has 0 radical (unpaired) electrons. The molecule has 0 fully saturated rings. The van der Waals surface area contributed by atoms with Crippen molar-refractivity contribution in [3.8, 4) is 0 Å². The van der Waals surface area contributed by atoms with E-state index in [0.717, 1.165) is 11.3 Å². The van der Waals surface area contributed by atoms with E-state index >= 15 is 0 Å². The maximum absolute atomic E-state index is 13.8. The lowest BCUT2D eigenvalue weighted by Gasteiger charge is -2.15. The number of rotatable bonds is 4. The number of hydrogen-bond acceptors (Lipinski definition) is 4. The third-order valence-electron chi connectivity index (χ3n) is 2.74. The molecule has 0 amide bonds. The molecule has 1 aromatic heterocycles. The molecule has 1 heterocycles. The van der Waals surface area contributed by atoms with Crippen LogP contribution in [0.2, 0.25) is 8.67 Å². The summed E-state index contributed by atoms with van der Waals surface area (Å²) in [7, 11) is 0. The van der Waals surface area contributed by atoms with Crippen molar-refractivity contribution >= 4 is 45.9 Å². The van der Waals surface area contributed by atoms with E-state index < -0.39 is 34.0 Å². The first-order chi connectivity index (χ1) is 9.79. The lowest BCUT2D eigenvalue weighted by Crippen LogP contribution is -2.10. The van der Waals surface area contributed by atoms with E-state index in [2.05, 4.69) is 5.32 Å². The lowest BCUT2D eigenvalue weighted by molar-refractivity contribution is -0.384. The molecule has 0 bridgehead atoms. The molecule has 9 heteroatoms. The summed E-state index contributed by atoms with van der Waals surface area (Å²) in [4.78, 5) is 10.0. The third-order valence-corrected chi connectivity index (χ3v) is 4.26. The Morgan fingerprint density at radius 1 is 1.33 bits per heavy atom. The van der Waals surface area contributed by atoms with Crippen LogP contribution in [0.1, 0.15) is 18.5 Å². The fraction of sp³-hybridized carbons (Fsp3) is 0.167. The predicted molar refractivity (Wildman–Crippen MR) is 79.4 cm³/mol. The fourth-order valence-electron chi connectivity index (χ4n) is 1.79. The Labute approximate surface area is 132 Å². The first kappa shape index (κ1) is 15.9. The summed E-state index contributed by atoms with van der Waals surface area (Å²) in [6, 6.07) is 2.27. The maximum Gasteiger partial charge on any atom is 0.298 e. The van der Waals surface area contributed by atoms with Gasteiger partial charge in [0.25, 0.3) is 5.69 Å². The van der Waals surface area contributed by atoms with Gasteiger partial charge in [-0.25, -0.2) is 8.78 Å². The van der Waals surface area contributed by atoms with Crippen molar-refractivity contribution < 1.29 is 13.7 Å². The van der Waals surface area contributed by atoms with E-state index in [9.17, 15) is 18.9 Å². The number of benzene rings is 1. The topological polar surface area (TPSA) is 55.2 Å². The third kappa shape index (κ3) is 3.42. The zero-order valence-corrected chi connectivity index (χ0v) is 12.8. The molecule has 112 valence electrons. The highest BCUT2D eigenvalue weighted by atomic mass is 35.5. The van der Waals surface area contributed by atoms with Gasteiger partial charge in [-0.3, -0.25) is 10.1 Å². The Hall–Kier alpha value is -1.44. The van der Waals surface area contributed by atoms with Gasteiger partial charge >= 0.3 is 0 Å². The van der Waals surface area contributed by atoms with Gasteiger partial charge in [0.05, 0.1) is 25.7 Å². The van der Waals surface area contributed by atoms with Crippen LogP contribution in [-0.4, -0.2) is 4.92 Å². The minimum absolute atomic E-state index is 0.394. The molecule has 2 aromatic rings. The zero-order valence-electron chi connectivity index (χ0n) is 10.5. The van der Waals surface area contributed by atoms with E-state index in [-0.39, 0.29) is 0 Å². The van der Waals surface area contributed by atoms with Crippen LogP contribution in [-0.2, 0) is 0 Å². The smallest absolute Gasteiger partial charge is 0.298 e. The molecular weight excluding hydrogens is 345 g/mol. The van der Waals surface area contributed by atoms with Crippen molar-refractivity contribution in [2.45, 2.75) is 13.0 Å². The van der Waals surface area contributed by atoms with Crippen molar-refractivity contribution in [1.29, 1.82) is 0 Å². The van der Waals surface area contributed by atoms with Gasteiger partial charge < -0.3 is 5.32 Å². The second-order valence-electron chi connectivity index (χ2n) is 4.18. The Morgan fingerprint density at radius 2 is 2.00 bits per heavy atom. The quantitative estimate of drug-likeness (QED) is 0.590. The van der Waals surface area contributed by atoms with Gasteiger partial charge in [-0.05, 0) is 13.0 Å². The first-order valence-corrected chi connectivity index (χ1v) is 7.21. The minimum atomic E-state index is -1.05. The van der Waals surface area contributed by atoms with Crippen LogP contribution in [0, 0.1) is 21.7 Å². The minimum Gasteiger partial charge on any atom is -0.370 e. The van der Waals surface area contributed by atoms with Crippen molar-refractivity contribution in [1.82, 2.24) is 0 Å². The highest BCUT2D eigenvalue weighted by Gasteiger charge is 2.23. The Bertz CT molecular complexity index is 709. The van der Waals surface area contributed by atoms with Crippen LogP contribution in [0.4, 0.5) is 20.2 Å². The summed E-state index contributed by atoms with van der Waals surface area (Å²) in [6.45, 7) is 1.64. The van der Waals surface area contributed by atoms with E-state index in [4.69, 9.17) is 23.2 Å². The Kier molecular flexibility index (Phi) is 4.65. The van der Waals surface area contributed by atoms with Crippen molar-refractivity contribution in [2.75, 3.05) is 5.32 Å². The van der Waals surface area contributed by atoms with Gasteiger partial charge in [-0.15, -0.1) is 11.3 Å². The van der Waals surface area contributed by atoms with E-state index in [1.165, 1.54) is 0 Å². The molecule has 0 spiro atoms. The van der Waals surface area contributed by atoms with Gasteiger partial charge in [0.2, 0.25) is 0 Å². The second-order valence-corrected chi connectivity index (χ2v) is 6.47. The highest BCUT2D eigenvalue weighted by molar-refractivity contribution is 7.20. The Morgan fingerprint density at radius 3 is 2.52 bits per heavy atom. The molecule has 0 saturated heterocycles. The van der Waals surface area contributed by atoms with Crippen LogP contribution in [0.25, 0.3) is 0 Å². The van der Waals surface area contributed by atoms with Crippen LogP contribution >= 0.6 is 34.5 Å². The molecule has 0 aliphatic carbocycles. The standard InChI is InChI=1S/C12H8Cl2F2N2O2S/c1-5(7-4-10(13)21-12(7)14)17-11-8(16)2-6(15)3-9(11)18(19)20/h2-5,17H,1H3. The maximum atomic E-state index is 13.8. The van der Waals surface area contributed by atoms with Gasteiger partial charge in [-0.1, -0.05) is 23.2 Å². The zero-order chi connectivity index (χ0) is 15.7. The highest BCUT2D eigenvalue weighted by Crippen LogP contribution is 2.38. The molecule has 0 aliphatic heterocycles. The number of thiophene rings is 1. The molecule has 21 heavy (non-hydrogen) atoms. The van der Waals surface area contributed by atoms with Crippen molar-refractivity contribution in [2.24, 2.45) is 0 Å². The lowest BCUT2D eigenvalue weighted by atomic mass is 10.1. The molecule has 0 aliphatic rings. The summed E-state index contributed by atoms with van der Waals surface area (Å²) in [5.74, 6) is -2.07. The molecule has 1 aromatic carbocycles. The van der Waals surface area contributed by atoms with Crippen LogP contribution in [0.5, 0.6) is 0 Å². The number of nitro groups is 1. The average Bonchev–Trinajstić information content (AvgIpc) is 2.71. The summed E-state index contributed by atoms with van der Waals surface area (Å²) >= 11 is 12.9. The number of halogens is 4. The van der Waals surface area contributed by atoms with E-state index in [0.29, 0.717) is 26.4 Å². The number of hydrogen-bond donors (Lipinski definition) is 1. The number of anilines is 1. The summed E-state index contributed by atoms with van der Waals surface area (Å²) in [5, 5.41) is 13.5. The molecule has 1 unspecified atom stereocenters. The normalized spacial score (nSPS) is 12.2. The largest absolute Gasteiger partial charge is 0.370 e. The molecule has 1 N–H and O–H groups in total. The van der Waals surface area contributed by atoms with E-state index in [1.54, 1.807) is 13.0 Å². The van der Waals surface area contributed by atoms with Crippen molar-refractivity contribution in [3.63, 3.8) is 0 Å². The van der Waals surface area contributed by atoms with Gasteiger partial charge in [0.1, 0.15) is 11.5 Å². The predicted octanol–water partition coefficient (Wildman–Crippen LogP) is 5.41. The van der Waals surface area contributed by atoms with Crippen LogP contribution in [0.3, 0.4) is 0 Å². The molecule has 2 rings (SSSR count). The molecule has 4 nitrogen and oxygen atoms in total. The van der Waals surface area contributed by atoms with E-state index in [1.807, 2.05) is 0 Å². The average molecular weight is 353 g/mol. The van der Waals surface area contributed by atoms with Gasteiger partial charge in [-0.2, -0.15) is 0 Å². The number of nitrogens with zero attached hydrogens (tertiary/aromatic N) is 1. The second kappa shape index (κ2) is 6.13. The number of nitro benzene ring substituents is 1. The summed E-state index contributed by atoms with van der Waals surface area (Å²) in [6.07, 6.45) is 0. The Balaban J connectivity index is 2.39. The van der Waals surface area contributed by atoms with Crippen LogP contribution in [0.15, 0.2) is 18.2 Å².